The third-order valence-electron chi connectivity index (χ3n) is 6.77. The lowest BCUT2D eigenvalue weighted by molar-refractivity contribution is -0.121. The average Bonchev–Trinajstić information content (AvgIpc) is 3.27. The van der Waals surface area contributed by atoms with Crippen LogP contribution < -0.4 is 5.32 Å². The first-order valence-corrected chi connectivity index (χ1v) is 13.8. The molecular formula is C25H25F4N3O4S. The minimum atomic E-state index is -3.73. The Labute approximate surface area is 211 Å². The third kappa shape index (κ3) is 5.40. The van der Waals surface area contributed by atoms with Gasteiger partial charge in [0.1, 0.15) is 11.5 Å². The van der Waals surface area contributed by atoms with Crippen LogP contribution in [-0.4, -0.2) is 50.1 Å². The van der Waals surface area contributed by atoms with E-state index in [1.54, 1.807) is 12.1 Å². The van der Waals surface area contributed by atoms with E-state index < -0.39 is 52.4 Å². The van der Waals surface area contributed by atoms with Gasteiger partial charge in [0.2, 0.25) is 0 Å². The van der Waals surface area contributed by atoms with E-state index in [0.717, 1.165) is 25.5 Å². The molecule has 0 amide bonds. The molecule has 0 bridgehead atoms. The van der Waals surface area contributed by atoms with Crippen LogP contribution in [0.2, 0.25) is 0 Å². The van der Waals surface area contributed by atoms with Crippen molar-refractivity contribution in [1.82, 2.24) is 4.98 Å². The molecule has 7 nitrogen and oxygen atoms in total. The van der Waals surface area contributed by atoms with E-state index in [4.69, 9.17) is 4.74 Å². The van der Waals surface area contributed by atoms with Gasteiger partial charge in [-0.1, -0.05) is 6.07 Å². The number of benzene rings is 1. The molecule has 198 valence electrons. The molecule has 2 fully saturated rings. The second-order valence-electron chi connectivity index (χ2n) is 9.71. The smallest absolute Gasteiger partial charge is 0.277 e. The fourth-order valence-corrected chi connectivity index (χ4v) is 5.59. The number of carbonyl (C=O) groups excluding carboxylic acids is 1. The first-order valence-electron chi connectivity index (χ1n) is 11.9. The number of ether oxygens (including phenoxy) is 1. The van der Waals surface area contributed by atoms with E-state index in [1.807, 2.05) is 0 Å². The maximum atomic E-state index is 13.4. The molecule has 5 rings (SSSR count). The Balaban J connectivity index is 1.51. The Morgan fingerprint density at radius 3 is 2.59 bits per heavy atom. The molecule has 37 heavy (non-hydrogen) atoms. The molecule has 3 heterocycles. The lowest BCUT2D eigenvalue weighted by atomic mass is 10.0. The molecule has 12 heteroatoms. The summed E-state index contributed by atoms with van der Waals surface area (Å²) in [7, 11) is -3.73. The number of ketones is 1. The quantitative estimate of drug-likeness (QED) is 0.467. The maximum Gasteiger partial charge on any atom is 0.277 e. The van der Waals surface area contributed by atoms with E-state index in [0.29, 0.717) is 12.2 Å². The monoisotopic (exact) mass is 539 g/mol. The van der Waals surface area contributed by atoms with Gasteiger partial charge in [0.05, 0.1) is 45.4 Å². The Kier molecular flexibility index (Phi) is 6.59. The zero-order chi connectivity index (χ0) is 26.5. The lowest BCUT2D eigenvalue weighted by Gasteiger charge is -2.24. The number of carbonyl (C=O) groups is 1. The van der Waals surface area contributed by atoms with Gasteiger partial charge in [-0.25, -0.2) is 31.0 Å². The Morgan fingerprint density at radius 2 is 1.97 bits per heavy atom. The van der Waals surface area contributed by atoms with Gasteiger partial charge in [0, 0.05) is 32.1 Å². The first-order chi connectivity index (χ1) is 17.4. The summed E-state index contributed by atoms with van der Waals surface area (Å²) in [6.45, 7) is 0.584. The van der Waals surface area contributed by atoms with Gasteiger partial charge in [-0.05, 0) is 43.0 Å². The van der Waals surface area contributed by atoms with Crippen LogP contribution in [0.3, 0.4) is 0 Å². The summed E-state index contributed by atoms with van der Waals surface area (Å²) in [5, 5.41) is 2.97. The zero-order valence-corrected chi connectivity index (χ0v) is 20.8. The number of anilines is 2. The van der Waals surface area contributed by atoms with E-state index >= 15 is 0 Å². The number of Topliss-reactive ketones (excluding diaryl/α,β-unsaturated/α-hetero) is 1. The van der Waals surface area contributed by atoms with Crippen LogP contribution >= 0.6 is 0 Å². The average molecular weight is 540 g/mol. The standard InChI is InChI=1S/C25H25F4N3O4S/c1-37(34,35)22-8-13(21-4-2-3-7-36-21)5-6-16(22)31-17-9-14(10-20(33)15-12-25(15,28)29)30-18-11-19(24(26)27)32-23(17)18/h5-6,8-9,15,21,24H,2-4,7,10-12H2,1H3,(H,30,31)/t15-,21+/m0/s1. The summed E-state index contributed by atoms with van der Waals surface area (Å²) in [6.07, 6.45) is -0.533. The van der Waals surface area contributed by atoms with Gasteiger partial charge in [-0.15, -0.1) is 0 Å². The van der Waals surface area contributed by atoms with E-state index in [-0.39, 0.29) is 45.9 Å². The second-order valence-corrected chi connectivity index (χ2v) is 11.7. The van der Waals surface area contributed by atoms with Crippen molar-refractivity contribution < 1.29 is 35.5 Å². The van der Waals surface area contributed by atoms with Gasteiger partial charge >= 0.3 is 0 Å². The van der Waals surface area contributed by atoms with Gasteiger partial charge in [-0.2, -0.15) is 0 Å². The highest BCUT2D eigenvalue weighted by atomic mass is 32.2. The molecule has 0 unspecified atom stereocenters. The number of halogens is 4. The largest absolute Gasteiger partial charge is 0.374 e. The minimum absolute atomic E-state index is 0.0176. The number of nitrogens with one attached hydrogen (secondary N) is 1. The predicted molar refractivity (Wildman–Crippen MR) is 128 cm³/mol. The van der Waals surface area contributed by atoms with Gasteiger partial charge in [0.15, 0.2) is 9.84 Å². The summed E-state index contributed by atoms with van der Waals surface area (Å²) in [6, 6.07) is 6.21. The van der Waals surface area contributed by atoms with E-state index in [1.165, 1.54) is 12.1 Å². The molecule has 3 aliphatic rings. The molecule has 1 aromatic heterocycles. The highest BCUT2D eigenvalue weighted by Crippen LogP contribution is 2.49. The van der Waals surface area contributed by atoms with Crippen molar-refractivity contribution in [3.63, 3.8) is 0 Å². The van der Waals surface area contributed by atoms with Gasteiger partial charge in [0.25, 0.3) is 12.3 Å². The number of alkyl halides is 4. The predicted octanol–water partition coefficient (Wildman–Crippen LogP) is 5.13. The van der Waals surface area contributed by atoms with Crippen molar-refractivity contribution in [1.29, 1.82) is 0 Å². The van der Waals surface area contributed by atoms with Crippen molar-refractivity contribution in [2.45, 2.75) is 61.9 Å². The van der Waals surface area contributed by atoms with Crippen molar-refractivity contribution >= 4 is 38.4 Å². The van der Waals surface area contributed by atoms with E-state index in [2.05, 4.69) is 15.3 Å². The number of aliphatic imine (C=N–C) groups is 1. The first kappa shape index (κ1) is 25.8. The summed E-state index contributed by atoms with van der Waals surface area (Å²) < 4.78 is 84.7. The molecule has 1 saturated carbocycles. The molecule has 0 spiro atoms. The number of aromatic nitrogens is 1. The Hall–Kier alpha value is -2.86. The lowest BCUT2D eigenvalue weighted by Crippen LogP contribution is -2.14. The molecule has 1 N–H and O–H groups in total. The number of hydrogen-bond donors (Lipinski definition) is 1. The summed E-state index contributed by atoms with van der Waals surface area (Å²) >= 11 is 0. The van der Waals surface area contributed by atoms with Crippen LogP contribution in [0.1, 0.15) is 48.7 Å². The number of rotatable bonds is 8. The zero-order valence-electron chi connectivity index (χ0n) is 19.9. The normalized spacial score (nSPS) is 22.5. The maximum absolute atomic E-state index is 13.4. The minimum Gasteiger partial charge on any atom is -0.374 e. The summed E-state index contributed by atoms with van der Waals surface area (Å²) in [5.74, 6) is -5.10. The molecule has 1 aromatic carbocycles. The van der Waals surface area contributed by atoms with Crippen LogP contribution in [0.25, 0.3) is 0 Å². The second kappa shape index (κ2) is 9.46. The van der Waals surface area contributed by atoms with Gasteiger partial charge in [-0.3, -0.25) is 9.78 Å². The fourth-order valence-electron chi connectivity index (χ4n) is 4.73. The number of pyridine rings is 1. The van der Waals surface area contributed by atoms with Crippen LogP contribution in [0.4, 0.5) is 34.6 Å². The van der Waals surface area contributed by atoms with Crippen LogP contribution in [0.15, 0.2) is 34.2 Å². The molecule has 2 aromatic rings. The number of nitrogens with zero attached hydrogens (tertiary/aromatic N) is 2. The SMILES string of the molecule is CS(=O)(=O)c1cc([C@H]2CCCCO2)ccc1Nc1cc(CC(=O)[C@@H]2CC2(F)F)nc2c1N=C(C(F)F)C2. The Bertz CT molecular complexity index is 1390. The molecule has 1 aliphatic carbocycles. The molecule has 2 atom stereocenters. The summed E-state index contributed by atoms with van der Waals surface area (Å²) in [5.41, 5.74) is 1.02. The number of fused-ring (bicyclic) bond motifs is 1. The number of sulfone groups is 1. The number of hydrogen-bond acceptors (Lipinski definition) is 7. The topological polar surface area (TPSA) is 97.7 Å². The molecule has 1 saturated heterocycles. The van der Waals surface area contributed by atoms with Crippen molar-refractivity contribution in [3.8, 4) is 0 Å². The van der Waals surface area contributed by atoms with Crippen molar-refractivity contribution in [2.24, 2.45) is 10.9 Å². The van der Waals surface area contributed by atoms with Crippen LogP contribution in [0, 0.1) is 5.92 Å². The van der Waals surface area contributed by atoms with E-state index in [9.17, 15) is 30.8 Å². The highest BCUT2D eigenvalue weighted by molar-refractivity contribution is 7.90. The van der Waals surface area contributed by atoms with Crippen LogP contribution in [-0.2, 0) is 32.2 Å². The van der Waals surface area contributed by atoms with Crippen molar-refractivity contribution in [2.75, 3.05) is 18.2 Å². The third-order valence-corrected chi connectivity index (χ3v) is 7.91. The van der Waals surface area contributed by atoms with Crippen LogP contribution in [0.5, 0.6) is 0 Å². The molecular weight excluding hydrogens is 514 g/mol. The Morgan fingerprint density at radius 1 is 1.22 bits per heavy atom. The van der Waals surface area contributed by atoms with Gasteiger partial charge < -0.3 is 10.1 Å². The highest BCUT2D eigenvalue weighted by Gasteiger charge is 2.60. The molecule has 2 aliphatic heterocycles. The molecule has 0 radical (unpaired) electrons. The summed E-state index contributed by atoms with van der Waals surface area (Å²) in [4.78, 5) is 20.5. The van der Waals surface area contributed by atoms with Crippen molar-refractivity contribution in [3.05, 3.63) is 41.2 Å². The fraction of sp³-hybridized carbons (Fsp3) is 0.480.